The van der Waals surface area contributed by atoms with Gasteiger partial charge in [0.25, 0.3) is 0 Å². The van der Waals surface area contributed by atoms with Crippen molar-refractivity contribution in [3.63, 3.8) is 0 Å². The second kappa shape index (κ2) is 6.76. The number of hydrogen-bond donors (Lipinski definition) is 1. The van der Waals surface area contributed by atoms with Crippen molar-refractivity contribution >= 4 is 0 Å². The fourth-order valence-electron chi connectivity index (χ4n) is 3.23. The summed E-state index contributed by atoms with van der Waals surface area (Å²) in [5.74, 6) is 1.03. The van der Waals surface area contributed by atoms with Gasteiger partial charge in [0.1, 0.15) is 5.76 Å². The van der Waals surface area contributed by atoms with Gasteiger partial charge in [0.2, 0.25) is 0 Å². The number of nitrogens with one attached hydrogen (secondary N) is 1. The third-order valence-electron chi connectivity index (χ3n) is 4.40. The molecule has 1 aromatic carbocycles. The van der Waals surface area contributed by atoms with Crippen LogP contribution < -0.4 is 5.32 Å². The molecule has 2 aromatic rings. The minimum atomic E-state index is 0.0646. The molecule has 1 unspecified atom stereocenters. The summed E-state index contributed by atoms with van der Waals surface area (Å²) in [5, 5.41) is 3.63. The molecule has 0 saturated carbocycles. The Hall–Kier alpha value is -1.54. The second-order valence-electron chi connectivity index (χ2n) is 5.24. The van der Waals surface area contributed by atoms with Gasteiger partial charge in [-0.2, -0.15) is 0 Å². The minimum Gasteiger partial charge on any atom is -0.468 e. The van der Waals surface area contributed by atoms with Crippen LogP contribution in [0.2, 0.25) is 0 Å². The minimum absolute atomic E-state index is 0.0646. The molecule has 2 heteroatoms. The first-order valence-electron chi connectivity index (χ1n) is 7.60. The van der Waals surface area contributed by atoms with E-state index < -0.39 is 0 Å². The summed E-state index contributed by atoms with van der Waals surface area (Å²) < 4.78 is 5.72. The largest absolute Gasteiger partial charge is 0.468 e. The summed E-state index contributed by atoms with van der Waals surface area (Å²) in [6.45, 7) is 7.62. The molecule has 0 aliphatic carbocycles. The maximum atomic E-state index is 5.72. The van der Waals surface area contributed by atoms with E-state index in [2.05, 4.69) is 62.5 Å². The third kappa shape index (κ3) is 2.66. The Morgan fingerprint density at radius 1 is 1.00 bits per heavy atom. The SMILES string of the molecule is CCNC(c1ccco1)C(CC)(CC)c1ccccc1. The van der Waals surface area contributed by atoms with Gasteiger partial charge in [0.05, 0.1) is 12.3 Å². The zero-order valence-corrected chi connectivity index (χ0v) is 12.7. The van der Waals surface area contributed by atoms with Gasteiger partial charge < -0.3 is 9.73 Å². The summed E-state index contributed by atoms with van der Waals surface area (Å²) in [7, 11) is 0. The summed E-state index contributed by atoms with van der Waals surface area (Å²) >= 11 is 0. The second-order valence-corrected chi connectivity index (χ2v) is 5.24. The number of rotatable bonds is 7. The lowest BCUT2D eigenvalue weighted by molar-refractivity contribution is 0.244. The van der Waals surface area contributed by atoms with Gasteiger partial charge >= 0.3 is 0 Å². The molecule has 0 radical (unpaired) electrons. The van der Waals surface area contributed by atoms with E-state index in [1.807, 2.05) is 6.07 Å². The predicted molar refractivity (Wildman–Crippen MR) is 83.8 cm³/mol. The first kappa shape index (κ1) is 14.9. The van der Waals surface area contributed by atoms with Gasteiger partial charge in [-0.15, -0.1) is 0 Å². The van der Waals surface area contributed by atoms with Crippen LogP contribution in [0.3, 0.4) is 0 Å². The molecule has 0 aliphatic heterocycles. The van der Waals surface area contributed by atoms with E-state index in [4.69, 9.17) is 4.42 Å². The van der Waals surface area contributed by atoms with Crippen LogP contribution in [-0.2, 0) is 5.41 Å². The van der Waals surface area contributed by atoms with E-state index in [0.717, 1.165) is 25.1 Å². The van der Waals surface area contributed by atoms with Crippen LogP contribution in [0.1, 0.15) is 51.0 Å². The Morgan fingerprint density at radius 3 is 2.20 bits per heavy atom. The zero-order chi connectivity index (χ0) is 14.4. The van der Waals surface area contributed by atoms with Crippen molar-refractivity contribution in [1.29, 1.82) is 0 Å². The fraction of sp³-hybridized carbons (Fsp3) is 0.444. The summed E-state index contributed by atoms with van der Waals surface area (Å²) in [4.78, 5) is 0. The number of hydrogen-bond acceptors (Lipinski definition) is 2. The molecule has 0 aliphatic rings. The molecule has 2 nitrogen and oxygen atoms in total. The molecular weight excluding hydrogens is 246 g/mol. The highest BCUT2D eigenvalue weighted by atomic mass is 16.3. The monoisotopic (exact) mass is 271 g/mol. The predicted octanol–water partition coefficient (Wildman–Crippen LogP) is 4.69. The Balaban J connectivity index is 2.49. The van der Waals surface area contributed by atoms with Crippen molar-refractivity contribution in [1.82, 2.24) is 5.32 Å². The topological polar surface area (TPSA) is 25.2 Å². The fourth-order valence-corrected chi connectivity index (χ4v) is 3.23. The molecule has 0 amide bonds. The maximum Gasteiger partial charge on any atom is 0.121 e. The van der Waals surface area contributed by atoms with Crippen molar-refractivity contribution < 1.29 is 4.42 Å². The van der Waals surface area contributed by atoms with Crippen molar-refractivity contribution in [2.24, 2.45) is 0 Å². The molecular formula is C18H25NO. The van der Waals surface area contributed by atoms with Crippen LogP contribution in [0.5, 0.6) is 0 Å². The molecule has 0 bridgehead atoms. The molecule has 0 spiro atoms. The van der Waals surface area contributed by atoms with Crippen molar-refractivity contribution in [2.45, 2.75) is 45.1 Å². The molecule has 0 saturated heterocycles. The Kier molecular flexibility index (Phi) is 5.02. The molecule has 1 aromatic heterocycles. The van der Waals surface area contributed by atoms with Crippen LogP contribution in [0.4, 0.5) is 0 Å². The smallest absolute Gasteiger partial charge is 0.121 e. The van der Waals surface area contributed by atoms with Crippen molar-refractivity contribution in [3.05, 3.63) is 60.1 Å². The van der Waals surface area contributed by atoms with Gasteiger partial charge in [-0.05, 0) is 37.1 Å². The van der Waals surface area contributed by atoms with E-state index in [-0.39, 0.29) is 11.5 Å². The molecule has 1 N–H and O–H groups in total. The summed E-state index contributed by atoms with van der Waals surface area (Å²) in [6, 6.07) is 15.1. The van der Waals surface area contributed by atoms with Gasteiger partial charge in [-0.1, -0.05) is 51.1 Å². The number of benzene rings is 1. The quantitative estimate of drug-likeness (QED) is 0.790. The molecule has 0 fully saturated rings. The van der Waals surface area contributed by atoms with E-state index >= 15 is 0 Å². The lowest BCUT2D eigenvalue weighted by Crippen LogP contribution is -2.41. The number of furan rings is 1. The van der Waals surface area contributed by atoms with Crippen LogP contribution in [0.15, 0.2) is 53.1 Å². The van der Waals surface area contributed by atoms with Crippen molar-refractivity contribution in [2.75, 3.05) is 6.54 Å². The van der Waals surface area contributed by atoms with Gasteiger partial charge in [0.15, 0.2) is 0 Å². The molecule has 1 heterocycles. The van der Waals surface area contributed by atoms with Crippen LogP contribution in [-0.4, -0.2) is 6.54 Å². The van der Waals surface area contributed by atoms with Crippen LogP contribution in [0, 0.1) is 0 Å². The number of likely N-dealkylation sites (N-methyl/N-ethyl adjacent to an activating group) is 1. The van der Waals surface area contributed by atoms with Crippen LogP contribution in [0.25, 0.3) is 0 Å². The van der Waals surface area contributed by atoms with E-state index in [1.54, 1.807) is 6.26 Å². The third-order valence-corrected chi connectivity index (χ3v) is 4.40. The van der Waals surface area contributed by atoms with Gasteiger partial charge in [-0.3, -0.25) is 0 Å². The molecule has 2 rings (SSSR count). The van der Waals surface area contributed by atoms with Crippen LogP contribution >= 0.6 is 0 Å². The standard InChI is InChI=1S/C18H25NO/c1-4-18(5-2,15-11-8-7-9-12-15)17(19-6-3)16-13-10-14-20-16/h7-14,17,19H,4-6H2,1-3H3. The zero-order valence-electron chi connectivity index (χ0n) is 12.7. The van der Waals surface area contributed by atoms with Gasteiger partial charge in [0, 0.05) is 5.41 Å². The molecule has 108 valence electrons. The van der Waals surface area contributed by atoms with Gasteiger partial charge in [-0.25, -0.2) is 0 Å². The average molecular weight is 271 g/mol. The van der Waals surface area contributed by atoms with E-state index in [9.17, 15) is 0 Å². The maximum absolute atomic E-state index is 5.72. The van der Waals surface area contributed by atoms with E-state index in [1.165, 1.54) is 5.56 Å². The lowest BCUT2D eigenvalue weighted by atomic mass is 9.69. The normalized spacial score (nSPS) is 13.3. The summed E-state index contributed by atoms with van der Waals surface area (Å²) in [6.07, 6.45) is 3.92. The molecule has 20 heavy (non-hydrogen) atoms. The van der Waals surface area contributed by atoms with Crippen molar-refractivity contribution in [3.8, 4) is 0 Å². The highest BCUT2D eigenvalue weighted by molar-refractivity contribution is 5.30. The lowest BCUT2D eigenvalue weighted by Gasteiger charge is -2.39. The summed E-state index contributed by atoms with van der Waals surface area (Å²) in [5.41, 5.74) is 1.45. The highest BCUT2D eigenvalue weighted by Crippen LogP contribution is 2.43. The Bertz CT molecular complexity index is 485. The average Bonchev–Trinajstić information content (AvgIpc) is 3.03. The Labute approximate surface area is 122 Å². The Morgan fingerprint density at radius 2 is 1.70 bits per heavy atom. The first-order chi connectivity index (χ1) is 9.78. The highest BCUT2D eigenvalue weighted by Gasteiger charge is 2.39. The first-order valence-corrected chi connectivity index (χ1v) is 7.60. The molecule has 1 atom stereocenters. The van der Waals surface area contributed by atoms with E-state index in [0.29, 0.717) is 0 Å².